The van der Waals surface area contributed by atoms with Gasteiger partial charge < -0.3 is 10.4 Å². The van der Waals surface area contributed by atoms with Crippen molar-refractivity contribution in [3.05, 3.63) is 101 Å². The first-order valence-electron chi connectivity index (χ1n) is 9.61. The Hall–Kier alpha value is -3.76. The topological polar surface area (TPSA) is 130 Å². The molecule has 1 amide bonds. The lowest BCUT2D eigenvalue weighted by Crippen LogP contribution is -2.42. The zero-order valence-corrected chi connectivity index (χ0v) is 17.7. The number of nitro benzene ring substituents is 1. The largest absolute Gasteiger partial charge is 0.387 e. The minimum atomic E-state index is -4.13. The van der Waals surface area contributed by atoms with Gasteiger partial charge in [0, 0.05) is 18.7 Å². The predicted molar refractivity (Wildman–Crippen MR) is 118 cm³/mol. The van der Waals surface area contributed by atoms with Gasteiger partial charge in [0.2, 0.25) is 5.91 Å². The first-order valence-corrected chi connectivity index (χ1v) is 11.0. The number of aliphatic hydroxyl groups excluding tert-OH is 1. The molecule has 0 aliphatic carbocycles. The number of nitrogens with one attached hydrogen (secondary N) is 1. The van der Waals surface area contributed by atoms with E-state index in [1.807, 2.05) is 0 Å². The monoisotopic (exact) mass is 455 g/mol. The quantitative estimate of drug-likeness (QED) is 0.377. The Balaban J connectivity index is 1.82. The summed E-state index contributed by atoms with van der Waals surface area (Å²) < 4.78 is 27.3. The molecule has 0 fully saturated rings. The zero-order chi connectivity index (χ0) is 23.1. The molecule has 10 heteroatoms. The number of aliphatic hydroxyl groups is 1. The molecular formula is C22H21N3O6S. The average Bonchev–Trinajstić information content (AvgIpc) is 2.82. The molecule has 2 N–H and O–H groups in total. The van der Waals surface area contributed by atoms with E-state index in [0.29, 0.717) is 5.56 Å². The summed E-state index contributed by atoms with van der Waals surface area (Å²) in [6.07, 6.45) is -0.960. The predicted octanol–water partition coefficient (Wildman–Crippen LogP) is 2.64. The van der Waals surface area contributed by atoms with Crippen LogP contribution in [-0.4, -0.2) is 37.4 Å². The number of carbonyl (C=O) groups is 1. The molecule has 1 atom stereocenters. The molecule has 9 nitrogen and oxygen atoms in total. The second kappa shape index (κ2) is 10.0. The highest BCUT2D eigenvalue weighted by Gasteiger charge is 2.27. The fourth-order valence-corrected chi connectivity index (χ4v) is 4.41. The van der Waals surface area contributed by atoms with Gasteiger partial charge in [0.15, 0.2) is 0 Å². The van der Waals surface area contributed by atoms with E-state index in [1.165, 1.54) is 36.4 Å². The van der Waals surface area contributed by atoms with Gasteiger partial charge in [0.05, 0.1) is 21.6 Å². The second-order valence-electron chi connectivity index (χ2n) is 6.83. The Morgan fingerprint density at radius 2 is 1.53 bits per heavy atom. The molecule has 0 saturated carbocycles. The molecule has 32 heavy (non-hydrogen) atoms. The normalized spacial score (nSPS) is 12.0. The van der Waals surface area contributed by atoms with E-state index in [4.69, 9.17) is 0 Å². The summed E-state index contributed by atoms with van der Waals surface area (Å²) >= 11 is 0. The van der Waals surface area contributed by atoms with Gasteiger partial charge in [0.25, 0.3) is 15.7 Å². The number of amides is 1. The molecule has 0 aliphatic rings. The molecular weight excluding hydrogens is 434 g/mol. The molecule has 0 radical (unpaired) electrons. The van der Waals surface area contributed by atoms with Crippen LogP contribution in [0.4, 0.5) is 11.4 Å². The summed E-state index contributed by atoms with van der Waals surface area (Å²) in [6, 6.07) is 21.1. The lowest BCUT2D eigenvalue weighted by atomic mass is 10.1. The van der Waals surface area contributed by atoms with Gasteiger partial charge in [-0.1, -0.05) is 48.5 Å². The zero-order valence-electron chi connectivity index (χ0n) is 16.9. The van der Waals surface area contributed by atoms with Crippen molar-refractivity contribution in [3.63, 3.8) is 0 Å². The lowest BCUT2D eigenvalue weighted by Gasteiger charge is -2.24. The Bertz CT molecular complexity index is 1170. The lowest BCUT2D eigenvalue weighted by molar-refractivity contribution is -0.384. The van der Waals surface area contributed by atoms with Gasteiger partial charge in [-0.2, -0.15) is 0 Å². The summed E-state index contributed by atoms with van der Waals surface area (Å²) in [5, 5.41) is 23.7. The number of nitrogens with zero attached hydrogens (tertiary/aromatic N) is 2. The molecule has 3 aromatic rings. The third kappa shape index (κ3) is 5.48. The Kier molecular flexibility index (Phi) is 7.18. The van der Waals surface area contributed by atoms with Crippen LogP contribution in [0.1, 0.15) is 11.7 Å². The van der Waals surface area contributed by atoms with Gasteiger partial charge in [0.1, 0.15) is 6.54 Å². The summed E-state index contributed by atoms with van der Waals surface area (Å²) in [7, 11) is -4.13. The maximum absolute atomic E-state index is 13.2. The number of hydrogen-bond donors (Lipinski definition) is 2. The van der Waals surface area contributed by atoms with E-state index in [2.05, 4.69) is 5.32 Å². The number of rotatable bonds is 9. The third-order valence-corrected chi connectivity index (χ3v) is 6.43. The summed E-state index contributed by atoms with van der Waals surface area (Å²) in [5.41, 5.74) is 0.497. The van der Waals surface area contributed by atoms with Crippen molar-refractivity contribution >= 4 is 27.3 Å². The average molecular weight is 455 g/mol. The van der Waals surface area contributed by atoms with Crippen molar-refractivity contribution < 1.29 is 23.2 Å². The number of carbonyl (C=O) groups excluding carboxylic acids is 1. The fraction of sp³-hybridized carbons (Fsp3) is 0.136. The maximum Gasteiger partial charge on any atom is 0.269 e. The fourth-order valence-electron chi connectivity index (χ4n) is 2.97. The first kappa shape index (κ1) is 22.9. The van der Waals surface area contributed by atoms with E-state index in [1.54, 1.807) is 48.5 Å². The Morgan fingerprint density at radius 1 is 0.969 bits per heavy atom. The van der Waals surface area contributed by atoms with Gasteiger partial charge in [-0.15, -0.1) is 0 Å². The number of nitro groups is 1. The highest BCUT2D eigenvalue weighted by atomic mass is 32.2. The number of anilines is 1. The van der Waals surface area contributed by atoms with Crippen LogP contribution in [0.15, 0.2) is 89.8 Å². The minimum absolute atomic E-state index is 0.0320. The molecule has 0 aliphatic heterocycles. The standard InChI is InChI=1S/C22H21N3O6S/c26-21(17-7-3-1-4-8-17)15-23-22(27)16-24(18-11-13-19(14-12-18)25(28)29)32(30,31)20-9-5-2-6-10-20/h1-14,21,26H,15-16H2,(H,23,27). The molecule has 0 spiro atoms. The highest BCUT2D eigenvalue weighted by Crippen LogP contribution is 2.25. The van der Waals surface area contributed by atoms with E-state index >= 15 is 0 Å². The second-order valence-corrected chi connectivity index (χ2v) is 8.69. The molecule has 3 rings (SSSR count). The van der Waals surface area contributed by atoms with Crippen LogP contribution >= 0.6 is 0 Å². The molecule has 0 heterocycles. The van der Waals surface area contributed by atoms with Gasteiger partial charge >= 0.3 is 0 Å². The number of sulfonamides is 1. The van der Waals surface area contributed by atoms with E-state index in [9.17, 15) is 28.4 Å². The third-order valence-electron chi connectivity index (χ3n) is 4.64. The van der Waals surface area contributed by atoms with E-state index < -0.39 is 33.5 Å². The Labute approximate surface area is 185 Å². The molecule has 0 bridgehead atoms. The maximum atomic E-state index is 13.2. The number of hydrogen-bond acceptors (Lipinski definition) is 6. The van der Waals surface area contributed by atoms with Crippen LogP contribution in [0.25, 0.3) is 0 Å². The van der Waals surface area contributed by atoms with E-state index in [0.717, 1.165) is 4.31 Å². The van der Waals surface area contributed by atoms with Crippen LogP contribution in [0.2, 0.25) is 0 Å². The van der Waals surface area contributed by atoms with Crippen molar-refractivity contribution in [1.29, 1.82) is 0 Å². The van der Waals surface area contributed by atoms with Crippen LogP contribution in [-0.2, 0) is 14.8 Å². The SMILES string of the molecule is O=C(CN(c1ccc([N+](=O)[O-])cc1)S(=O)(=O)c1ccccc1)NCC(O)c1ccccc1. The summed E-state index contributed by atoms with van der Waals surface area (Å²) in [6.45, 7) is -0.682. The molecule has 166 valence electrons. The number of non-ortho nitro benzene ring substituents is 1. The van der Waals surface area contributed by atoms with Gasteiger partial charge in [-0.3, -0.25) is 19.2 Å². The van der Waals surface area contributed by atoms with Crippen molar-refractivity contribution in [2.24, 2.45) is 0 Å². The molecule has 3 aromatic carbocycles. The minimum Gasteiger partial charge on any atom is -0.387 e. The smallest absolute Gasteiger partial charge is 0.269 e. The van der Waals surface area contributed by atoms with E-state index in [-0.39, 0.29) is 22.8 Å². The highest BCUT2D eigenvalue weighted by molar-refractivity contribution is 7.92. The van der Waals surface area contributed by atoms with Crippen molar-refractivity contribution in [2.75, 3.05) is 17.4 Å². The molecule has 0 aromatic heterocycles. The van der Waals surface area contributed by atoms with Crippen molar-refractivity contribution in [1.82, 2.24) is 5.32 Å². The van der Waals surface area contributed by atoms with Crippen LogP contribution in [0, 0.1) is 10.1 Å². The molecule has 0 saturated heterocycles. The Morgan fingerprint density at radius 3 is 2.09 bits per heavy atom. The number of benzene rings is 3. The van der Waals surface area contributed by atoms with Crippen LogP contribution in [0.3, 0.4) is 0 Å². The van der Waals surface area contributed by atoms with Crippen LogP contribution < -0.4 is 9.62 Å². The van der Waals surface area contributed by atoms with Crippen LogP contribution in [0.5, 0.6) is 0 Å². The van der Waals surface area contributed by atoms with Crippen molar-refractivity contribution in [2.45, 2.75) is 11.0 Å². The van der Waals surface area contributed by atoms with Gasteiger partial charge in [-0.25, -0.2) is 8.42 Å². The van der Waals surface area contributed by atoms with Gasteiger partial charge in [-0.05, 0) is 29.8 Å². The molecule has 1 unspecified atom stereocenters. The first-order chi connectivity index (χ1) is 15.3. The summed E-state index contributed by atoms with van der Waals surface area (Å²) in [5.74, 6) is -0.641. The van der Waals surface area contributed by atoms with Crippen molar-refractivity contribution in [3.8, 4) is 0 Å². The summed E-state index contributed by atoms with van der Waals surface area (Å²) in [4.78, 5) is 22.9.